The normalized spacial score (nSPS) is 30.7. The highest BCUT2D eigenvalue weighted by Gasteiger charge is 2.74. The van der Waals surface area contributed by atoms with Crippen LogP contribution in [0.4, 0.5) is 0 Å². The lowest BCUT2D eigenvalue weighted by Gasteiger charge is -2.43. The predicted molar refractivity (Wildman–Crippen MR) is 134 cm³/mol. The summed E-state index contributed by atoms with van der Waals surface area (Å²) in [5.41, 5.74) is -0.470. The van der Waals surface area contributed by atoms with E-state index in [4.69, 9.17) is 4.74 Å². The molecule has 2 bridgehead atoms. The highest BCUT2D eigenvalue weighted by atomic mass is 32.2. The number of likely N-dealkylation sites (tertiary alicyclic amines) is 1. The second-order valence-electron chi connectivity index (χ2n) is 10.7. The lowest BCUT2D eigenvalue weighted by atomic mass is 9.71. The van der Waals surface area contributed by atoms with Crippen LogP contribution in [0.2, 0.25) is 0 Å². The number of carbonyl (C=O) groups is 3. The zero-order valence-electron chi connectivity index (χ0n) is 21.0. The number of esters is 1. The molecule has 7 nitrogen and oxygen atoms in total. The van der Waals surface area contributed by atoms with E-state index in [-0.39, 0.29) is 29.6 Å². The standard InChI is InChI=1S/C26H40N2O5S/c1-7-9-10-11-15-33-24(32)19-18-12-13-26(34-18)20(19)22(30)28(17(3)16-29)21(26)23(31)27(14-8-2)25(4,5)6/h7-8,17-21,29H,1-2,9-16H2,3-6H3/t17-,18+,19-,20+,21?,26?/m1/s1. The Morgan fingerprint density at radius 2 is 2.03 bits per heavy atom. The number of hydrogen-bond acceptors (Lipinski definition) is 6. The molecule has 3 aliphatic heterocycles. The minimum absolute atomic E-state index is 0.0287. The summed E-state index contributed by atoms with van der Waals surface area (Å²) in [4.78, 5) is 44.4. The van der Waals surface area contributed by atoms with Gasteiger partial charge in [-0.1, -0.05) is 12.2 Å². The maximum absolute atomic E-state index is 14.1. The Morgan fingerprint density at radius 1 is 1.32 bits per heavy atom. The molecule has 1 N–H and O–H groups in total. The molecule has 1 spiro atoms. The molecule has 0 saturated carbocycles. The van der Waals surface area contributed by atoms with Crippen molar-refractivity contribution in [3.63, 3.8) is 0 Å². The zero-order chi connectivity index (χ0) is 25.3. The molecule has 0 aromatic heterocycles. The number of rotatable bonds is 11. The van der Waals surface area contributed by atoms with E-state index in [1.807, 2.05) is 26.8 Å². The molecule has 6 atom stereocenters. The van der Waals surface area contributed by atoms with Gasteiger partial charge < -0.3 is 19.6 Å². The van der Waals surface area contributed by atoms with Gasteiger partial charge in [0.25, 0.3) is 0 Å². The fraction of sp³-hybridized carbons (Fsp3) is 0.731. The van der Waals surface area contributed by atoms with Crippen molar-refractivity contribution < 1.29 is 24.2 Å². The molecule has 34 heavy (non-hydrogen) atoms. The van der Waals surface area contributed by atoms with Crippen molar-refractivity contribution in [3.8, 4) is 0 Å². The second-order valence-corrected chi connectivity index (χ2v) is 12.3. The number of nitrogens with zero attached hydrogens (tertiary/aromatic N) is 2. The summed E-state index contributed by atoms with van der Waals surface area (Å²) in [5, 5.41) is 9.94. The first-order valence-corrected chi connectivity index (χ1v) is 13.2. The minimum Gasteiger partial charge on any atom is -0.465 e. The molecule has 8 heteroatoms. The van der Waals surface area contributed by atoms with Crippen LogP contribution < -0.4 is 0 Å². The van der Waals surface area contributed by atoms with Crippen LogP contribution in [0.3, 0.4) is 0 Å². The van der Waals surface area contributed by atoms with Gasteiger partial charge in [0.05, 0.1) is 35.8 Å². The van der Waals surface area contributed by atoms with E-state index < -0.39 is 34.2 Å². The summed E-state index contributed by atoms with van der Waals surface area (Å²) >= 11 is 1.62. The molecule has 3 heterocycles. The number of allylic oxidation sites excluding steroid dienone is 1. The topological polar surface area (TPSA) is 87.2 Å². The van der Waals surface area contributed by atoms with E-state index in [2.05, 4.69) is 13.2 Å². The number of ether oxygens (including phenoxy) is 1. The molecular formula is C26H40N2O5S. The SMILES string of the molecule is C=CCCCCOC(=O)[C@@H]1[C@@H]2CCC3(S2)C(C(=O)N(CC=C)C(C)(C)C)N([C@H](C)CO)C(=O)[C@H]13. The van der Waals surface area contributed by atoms with E-state index in [0.29, 0.717) is 19.6 Å². The number of aliphatic hydroxyl groups excluding tert-OH is 1. The average Bonchev–Trinajstić information content (AvgIpc) is 3.42. The summed E-state index contributed by atoms with van der Waals surface area (Å²) in [7, 11) is 0. The van der Waals surface area contributed by atoms with Gasteiger partial charge in [-0.2, -0.15) is 0 Å². The van der Waals surface area contributed by atoms with Crippen LogP contribution in [0, 0.1) is 11.8 Å². The van der Waals surface area contributed by atoms with Crippen molar-refractivity contribution in [1.29, 1.82) is 0 Å². The molecule has 0 aliphatic carbocycles. The third-order valence-corrected chi connectivity index (χ3v) is 9.37. The van der Waals surface area contributed by atoms with Crippen molar-refractivity contribution in [2.75, 3.05) is 19.8 Å². The van der Waals surface area contributed by atoms with E-state index in [0.717, 1.165) is 25.7 Å². The number of thioether (sulfide) groups is 1. The van der Waals surface area contributed by atoms with Crippen molar-refractivity contribution in [2.45, 2.75) is 87.4 Å². The first-order chi connectivity index (χ1) is 16.0. The Bertz CT molecular complexity index is 824. The Morgan fingerprint density at radius 3 is 2.62 bits per heavy atom. The number of amides is 2. The van der Waals surface area contributed by atoms with E-state index >= 15 is 0 Å². The van der Waals surface area contributed by atoms with Gasteiger partial charge in [0.2, 0.25) is 11.8 Å². The van der Waals surface area contributed by atoms with E-state index in [1.165, 1.54) is 0 Å². The first kappa shape index (κ1) is 26.8. The van der Waals surface area contributed by atoms with Gasteiger partial charge in [0.1, 0.15) is 6.04 Å². The van der Waals surface area contributed by atoms with Crippen molar-refractivity contribution >= 4 is 29.5 Å². The van der Waals surface area contributed by atoms with Gasteiger partial charge in [-0.3, -0.25) is 14.4 Å². The van der Waals surface area contributed by atoms with Crippen LogP contribution in [-0.2, 0) is 19.1 Å². The van der Waals surface area contributed by atoms with Crippen LogP contribution in [0.25, 0.3) is 0 Å². The maximum atomic E-state index is 14.1. The molecule has 190 valence electrons. The third kappa shape index (κ3) is 4.55. The van der Waals surface area contributed by atoms with Crippen molar-refractivity contribution in [3.05, 3.63) is 25.3 Å². The van der Waals surface area contributed by atoms with Gasteiger partial charge in [-0.25, -0.2) is 0 Å². The Hall–Kier alpha value is -1.80. The molecule has 3 fully saturated rings. The van der Waals surface area contributed by atoms with Crippen molar-refractivity contribution in [1.82, 2.24) is 9.80 Å². The predicted octanol–water partition coefficient (Wildman–Crippen LogP) is 3.17. The second kappa shape index (κ2) is 10.4. The van der Waals surface area contributed by atoms with Crippen LogP contribution in [0.1, 0.15) is 59.8 Å². The largest absolute Gasteiger partial charge is 0.465 e. The molecule has 0 aromatic rings. The molecular weight excluding hydrogens is 452 g/mol. The number of unbranched alkanes of at least 4 members (excludes halogenated alkanes) is 2. The van der Waals surface area contributed by atoms with Gasteiger partial charge in [0, 0.05) is 17.3 Å². The van der Waals surface area contributed by atoms with Gasteiger partial charge in [0.15, 0.2) is 0 Å². The first-order valence-electron chi connectivity index (χ1n) is 12.4. The van der Waals surface area contributed by atoms with Gasteiger partial charge in [-0.05, 0) is 59.8 Å². The lowest BCUT2D eigenvalue weighted by Crippen LogP contribution is -2.60. The molecule has 3 rings (SSSR count). The quantitative estimate of drug-likeness (QED) is 0.271. The van der Waals surface area contributed by atoms with E-state index in [9.17, 15) is 19.5 Å². The fourth-order valence-corrected chi connectivity index (χ4v) is 8.02. The zero-order valence-corrected chi connectivity index (χ0v) is 21.8. The highest BCUT2D eigenvalue weighted by Crippen LogP contribution is 2.67. The summed E-state index contributed by atoms with van der Waals surface area (Å²) in [6.07, 6.45) is 7.53. The Kier molecular flexibility index (Phi) is 8.23. The number of aliphatic hydroxyl groups is 1. The van der Waals surface area contributed by atoms with Gasteiger partial charge >= 0.3 is 5.97 Å². The Balaban J connectivity index is 1.93. The number of fused-ring (bicyclic) bond motifs is 1. The average molecular weight is 493 g/mol. The fourth-order valence-electron chi connectivity index (χ4n) is 5.83. The van der Waals surface area contributed by atoms with E-state index in [1.54, 1.807) is 34.6 Å². The molecule has 2 unspecified atom stereocenters. The monoisotopic (exact) mass is 492 g/mol. The molecule has 0 radical (unpaired) electrons. The van der Waals surface area contributed by atoms with Crippen LogP contribution in [0.5, 0.6) is 0 Å². The highest BCUT2D eigenvalue weighted by molar-refractivity contribution is 8.02. The summed E-state index contributed by atoms with van der Waals surface area (Å²) in [6, 6.07) is -1.26. The molecule has 3 saturated heterocycles. The third-order valence-electron chi connectivity index (χ3n) is 7.42. The van der Waals surface area contributed by atoms with Crippen LogP contribution in [-0.4, -0.2) is 80.1 Å². The Labute approximate surface area is 208 Å². The van der Waals surface area contributed by atoms with Crippen LogP contribution >= 0.6 is 11.8 Å². The van der Waals surface area contributed by atoms with Gasteiger partial charge in [-0.15, -0.1) is 24.9 Å². The minimum atomic E-state index is -0.730. The lowest BCUT2D eigenvalue weighted by molar-refractivity contribution is -0.154. The summed E-state index contributed by atoms with van der Waals surface area (Å²) in [6.45, 7) is 15.6. The molecule has 3 aliphatic rings. The van der Waals surface area contributed by atoms with Crippen molar-refractivity contribution in [2.24, 2.45) is 11.8 Å². The summed E-state index contributed by atoms with van der Waals surface area (Å²) in [5.74, 6) is -1.85. The smallest absolute Gasteiger partial charge is 0.310 e. The maximum Gasteiger partial charge on any atom is 0.310 e. The summed E-state index contributed by atoms with van der Waals surface area (Å²) < 4.78 is 4.94. The number of hydrogen-bond donors (Lipinski definition) is 1. The molecule has 0 aromatic carbocycles. The number of carbonyl (C=O) groups excluding carboxylic acids is 3. The molecule has 2 amide bonds. The van der Waals surface area contributed by atoms with Crippen LogP contribution in [0.15, 0.2) is 25.3 Å².